The molecule has 0 bridgehead atoms. The lowest BCUT2D eigenvalue weighted by Crippen LogP contribution is -2.49. The molecule has 1 aliphatic carbocycles. The summed E-state index contributed by atoms with van der Waals surface area (Å²) in [5, 5.41) is 0. The zero-order chi connectivity index (χ0) is 25.1. The van der Waals surface area contributed by atoms with Crippen LogP contribution in [0.1, 0.15) is 49.3 Å². The van der Waals surface area contributed by atoms with Crippen molar-refractivity contribution in [3.8, 4) is 0 Å². The van der Waals surface area contributed by atoms with E-state index in [1.54, 1.807) is 4.90 Å². The van der Waals surface area contributed by atoms with Crippen molar-refractivity contribution in [2.24, 2.45) is 0 Å². The fourth-order valence-corrected chi connectivity index (χ4v) is 4.56. The highest BCUT2D eigenvalue weighted by atomic mass is 19.4. The third kappa shape index (κ3) is 5.76. The van der Waals surface area contributed by atoms with Crippen molar-refractivity contribution in [3.63, 3.8) is 0 Å². The smallest absolute Gasteiger partial charge is 0.425 e. The molecule has 1 aliphatic heterocycles. The first-order valence-corrected chi connectivity index (χ1v) is 10.9. The predicted octanol–water partition coefficient (Wildman–Crippen LogP) is 4.85. The van der Waals surface area contributed by atoms with E-state index in [1.165, 1.54) is 18.2 Å². The van der Waals surface area contributed by atoms with Crippen molar-refractivity contribution in [1.82, 2.24) is 9.80 Å². The highest BCUT2D eigenvalue weighted by Gasteiger charge is 2.46. The van der Waals surface area contributed by atoms with E-state index in [4.69, 9.17) is 4.74 Å². The largest absolute Gasteiger partial charge is 0.456 e. The van der Waals surface area contributed by atoms with E-state index >= 15 is 0 Å². The van der Waals surface area contributed by atoms with E-state index in [1.807, 2.05) is 0 Å². The Hall–Kier alpha value is -2.50. The Balaban J connectivity index is 1.74. The Kier molecular flexibility index (Phi) is 7.69. The fraction of sp³-hybridized carbons (Fsp3) is 0.636. The molecule has 0 aromatic heterocycles. The van der Waals surface area contributed by atoms with E-state index < -0.39 is 35.7 Å². The molecule has 1 atom stereocenters. The molecule has 1 heterocycles. The van der Waals surface area contributed by atoms with Crippen molar-refractivity contribution < 1.29 is 45.4 Å². The highest BCUT2D eigenvalue weighted by molar-refractivity contribution is 5.68. The minimum atomic E-state index is -4.69. The summed E-state index contributed by atoms with van der Waals surface area (Å²) in [6.45, 7) is 1.19. The number of piperazine rings is 1. The van der Waals surface area contributed by atoms with Gasteiger partial charge >= 0.3 is 18.4 Å². The number of halogens is 6. The molecular formula is C22H26F6N2O4. The summed E-state index contributed by atoms with van der Waals surface area (Å²) < 4.78 is 90.1. The third-order valence-corrected chi connectivity index (χ3v) is 6.37. The highest BCUT2D eigenvalue weighted by Crippen LogP contribution is 2.47. The van der Waals surface area contributed by atoms with E-state index in [0.717, 1.165) is 11.8 Å². The zero-order valence-corrected chi connectivity index (χ0v) is 18.5. The molecule has 6 nitrogen and oxygen atoms in total. The van der Waals surface area contributed by atoms with Crippen molar-refractivity contribution in [3.05, 3.63) is 34.9 Å². The van der Waals surface area contributed by atoms with Crippen LogP contribution in [0.5, 0.6) is 0 Å². The van der Waals surface area contributed by atoms with Gasteiger partial charge in [0.15, 0.2) is 6.10 Å². The number of alkyl halides is 6. The Morgan fingerprint density at radius 1 is 1.09 bits per heavy atom. The molecule has 0 N–H and O–H groups in total. The van der Waals surface area contributed by atoms with Crippen molar-refractivity contribution >= 4 is 12.6 Å². The van der Waals surface area contributed by atoms with Gasteiger partial charge in [0, 0.05) is 38.3 Å². The van der Waals surface area contributed by atoms with Gasteiger partial charge in [-0.2, -0.15) is 26.3 Å². The van der Waals surface area contributed by atoms with E-state index in [0.29, 0.717) is 25.7 Å². The van der Waals surface area contributed by atoms with Gasteiger partial charge in [0.25, 0.3) is 6.47 Å². The molecule has 1 aromatic carbocycles. The lowest BCUT2D eigenvalue weighted by molar-refractivity contribution is -0.200. The van der Waals surface area contributed by atoms with Crippen LogP contribution in [-0.4, -0.2) is 60.8 Å². The number of carbonyl (C=O) groups excluding carboxylic acids is 2. The number of rotatable bonds is 6. The topological polar surface area (TPSA) is 59.1 Å². The Morgan fingerprint density at radius 3 is 2.24 bits per heavy atom. The quantitative estimate of drug-likeness (QED) is 0.416. The Bertz CT molecular complexity index is 875. The number of ether oxygens (including phenoxy) is 2. The molecule has 2 fully saturated rings. The normalized spacial score (nSPS) is 20.1. The summed E-state index contributed by atoms with van der Waals surface area (Å²) in [7, 11) is 0. The first-order valence-electron chi connectivity index (χ1n) is 10.9. The summed E-state index contributed by atoms with van der Waals surface area (Å²) >= 11 is 0. The van der Waals surface area contributed by atoms with Crippen molar-refractivity contribution in [2.75, 3.05) is 26.2 Å². The van der Waals surface area contributed by atoms with Crippen LogP contribution in [-0.2, 0) is 32.6 Å². The summed E-state index contributed by atoms with van der Waals surface area (Å²) in [6.07, 6.45) is -10.9. The van der Waals surface area contributed by atoms with Crippen LogP contribution in [0.25, 0.3) is 0 Å². The van der Waals surface area contributed by atoms with Gasteiger partial charge in [0.1, 0.15) is 5.60 Å². The van der Waals surface area contributed by atoms with Crippen LogP contribution in [0.2, 0.25) is 0 Å². The lowest BCUT2D eigenvalue weighted by atomic mass is 9.85. The van der Waals surface area contributed by atoms with Crippen molar-refractivity contribution in [1.29, 1.82) is 0 Å². The van der Waals surface area contributed by atoms with Crippen LogP contribution in [0, 0.1) is 0 Å². The molecule has 1 aromatic rings. The first-order chi connectivity index (χ1) is 15.9. The van der Waals surface area contributed by atoms with Gasteiger partial charge in [-0.1, -0.05) is 18.2 Å². The third-order valence-electron chi connectivity index (χ3n) is 6.37. The van der Waals surface area contributed by atoms with Gasteiger partial charge < -0.3 is 14.4 Å². The molecule has 190 valence electrons. The Morgan fingerprint density at radius 2 is 1.71 bits per heavy atom. The van der Waals surface area contributed by atoms with Gasteiger partial charge in [0.05, 0.1) is 5.56 Å². The minimum Gasteiger partial charge on any atom is -0.456 e. The summed E-state index contributed by atoms with van der Waals surface area (Å²) in [6, 6.07) is 4.21. The summed E-state index contributed by atoms with van der Waals surface area (Å²) in [5.74, 6) is 0. The van der Waals surface area contributed by atoms with Crippen molar-refractivity contribution in [2.45, 2.75) is 63.2 Å². The number of hydrogen-bond acceptors (Lipinski definition) is 5. The number of amides is 1. The molecular weight excluding hydrogens is 470 g/mol. The second-order valence-electron chi connectivity index (χ2n) is 8.58. The average molecular weight is 496 g/mol. The van der Waals surface area contributed by atoms with E-state index in [9.17, 15) is 35.9 Å². The molecule has 12 heteroatoms. The van der Waals surface area contributed by atoms with Crippen LogP contribution in [0.15, 0.2) is 18.2 Å². The molecule has 1 amide bonds. The van der Waals surface area contributed by atoms with Gasteiger partial charge in [-0.25, -0.2) is 4.79 Å². The predicted molar refractivity (Wildman–Crippen MR) is 108 cm³/mol. The van der Waals surface area contributed by atoms with Crippen LogP contribution in [0.3, 0.4) is 0 Å². The zero-order valence-electron chi connectivity index (χ0n) is 18.5. The molecule has 1 saturated heterocycles. The number of benzene rings is 1. The monoisotopic (exact) mass is 496 g/mol. The summed E-state index contributed by atoms with van der Waals surface area (Å²) in [5.41, 5.74) is -2.21. The first kappa shape index (κ1) is 26.1. The van der Waals surface area contributed by atoms with Gasteiger partial charge in [0.2, 0.25) is 0 Å². The van der Waals surface area contributed by atoms with Crippen LogP contribution >= 0.6 is 0 Å². The van der Waals surface area contributed by atoms with Crippen LogP contribution < -0.4 is 0 Å². The molecule has 0 spiro atoms. The standard InChI is InChI=1S/C22H26F6N2O4/c1-15(21(23,24)25)34-19(32)30-11-9-29(10-12-30)13-16-5-4-6-17(18(16)22(26,27)28)20(33-14-31)7-2-3-8-20/h4-6,14-15H,2-3,7-13H2,1H3. The van der Waals surface area contributed by atoms with Crippen LogP contribution in [0.4, 0.5) is 31.1 Å². The van der Waals surface area contributed by atoms with E-state index in [2.05, 4.69) is 4.74 Å². The summed E-state index contributed by atoms with van der Waals surface area (Å²) in [4.78, 5) is 25.9. The number of carbonyl (C=O) groups is 2. The molecule has 3 rings (SSSR count). The van der Waals surface area contributed by atoms with Gasteiger partial charge in [-0.05, 0) is 38.2 Å². The molecule has 0 radical (unpaired) electrons. The molecule has 1 unspecified atom stereocenters. The number of nitrogens with zero attached hydrogens (tertiary/aromatic N) is 2. The second kappa shape index (κ2) is 10.0. The molecule has 34 heavy (non-hydrogen) atoms. The van der Waals surface area contributed by atoms with Gasteiger partial charge in [-0.3, -0.25) is 9.69 Å². The van der Waals surface area contributed by atoms with Gasteiger partial charge in [-0.15, -0.1) is 0 Å². The number of hydrogen-bond donors (Lipinski definition) is 0. The second-order valence-corrected chi connectivity index (χ2v) is 8.58. The molecule has 1 saturated carbocycles. The SMILES string of the molecule is CC(OC(=O)N1CCN(Cc2cccc(C3(OC=O)CCCC3)c2C(F)(F)F)CC1)C(F)(F)F. The molecule has 2 aliphatic rings. The maximum absolute atomic E-state index is 14.2. The van der Waals surface area contributed by atoms with E-state index in [-0.39, 0.29) is 50.3 Å². The lowest BCUT2D eigenvalue weighted by Gasteiger charge is -2.36. The fourth-order valence-electron chi connectivity index (χ4n) is 4.56. The minimum absolute atomic E-state index is 0.00694. The Labute approximate surface area is 192 Å². The maximum atomic E-state index is 14.2. The maximum Gasteiger partial charge on any atom is 0.425 e. The average Bonchev–Trinajstić information content (AvgIpc) is 3.22.